The fourth-order valence-electron chi connectivity index (χ4n) is 3.15. The van der Waals surface area contributed by atoms with Crippen molar-refractivity contribution >= 4 is 13.6 Å². The fraction of sp³-hybridized carbons (Fsp3) is 0.261. The lowest BCUT2D eigenvalue weighted by Crippen LogP contribution is -2.38. The summed E-state index contributed by atoms with van der Waals surface area (Å²) in [6, 6.07) is 17.7. The highest BCUT2D eigenvalue weighted by atomic mass is 31.2. The van der Waals surface area contributed by atoms with Gasteiger partial charge < -0.3 is 19.1 Å². The Kier molecular flexibility index (Phi) is 7.50. The molecule has 2 aromatic rings. The molecule has 1 heterocycles. The third-order valence-electron chi connectivity index (χ3n) is 4.71. The lowest BCUT2D eigenvalue weighted by molar-refractivity contribution is 0.287. The molecule has 0 aromatic heterocycles. The van der Waals surface area contributed by atoms with E-state index in [1.165, 1.54) is 0 Å². The van der Waals surface area contributed by atoms with Crippen molar-refractivity contribution in [3.05, 3.63) is 85.0 Å². The number of hydrogen-bond donors (Lipinski definition) is 1. The van der Waals surface area contributed by atoms with Crippen LogP contribution in [0.3, 0.4) is 0 Å². The predicted molar refractivity (Wildman–Crippen MR) is 120 cm³/mol. The summed E-state index contributed by atoms with van der Waals surface area (Å²) >= 11 is 0. The summed E-state index contributed by atoms with van der Waals surface area (Å²) < 4.78 is 29.8. The number of likely N-dealkylation sites (N-methyl/N-ethyl adjacent to an activating group) is 1. The molecule has 1 N–H and O–H groups in total. The van der Waals surface area contributed by atoms with Crippen molar-refractivity contribution in [3.63, 3.8) is 0 Å². The second kappa shape index (κ2) is 10.3. The molecule has 1 aliphatic rings. The molecule has 30 heavy (non-hydrogen) atoms. The van der Waals surface area contributed by atoms with E-state index in [0.29, 0.717) is 30.2 Å². The van der Waals surface area contributed by atoms with Gasteiger partial charge in [0.25, 0.3) is 0 Å². The van der Waals surface area contributed by atoms with Crippen molar-refractivity contribution in [1.82, 2.24) is 4.90 Å². The van der Waals surface area contributed by atoms with E-state index in [-0.39, 0.29) is 12.6 Å². The molecule has 7 heteroatoms. The van der Waals surface area contributed by atoms with Gasteiger partial charge in [0.1, 0.15) is 17.3 Å². The quantitative estimate of drug-likeness (QED) is 0.439. The Bertz CT molecular complexity index is 899. The minimum atomic E-state index is -3.92. The van der Waals surface area contributed by atoms with E-state index in [1.54, 1.807) is 54.6 Å². The van der Waals surface area contributed by atoms with Crippen molar-refractivity contribution < 1.29 is 18.7 Å². The molecule has 6 nitrogen and oxygen atoms in total. The van der Waals surface area contributed by atoms with E-state index in [1.807, 2.05) is 24.1 Å². The van der Waals surface area contributed by atoms with Gasteiger partial charge in [-0.3, -0.25) is 0 Å². The van der Waals surface area contributed by atoms with Crippen molar-refractivity contribution in [2.75, 3.05) is 13.7 Å². The van der Waals surface area contributed by atoms with Gasteiger partial charge in [-0.15, -0.1) is 11.3 Å². The number of para-hydroxylation sites is 2. The Balaban J connectivity index is 1.95. The molecule has 2 aromatic carbocycles. The van der Waals surface area contributed by atoms with E-state index in [0.717, 1.165) is 12.0 Å². The number of benzene rings is 2. The van der Waals surface area contributed by atoms with Crippen LogP contribution in [-0.4, -0.2) is 35.5 Å². The second-order valence-corrected chi connectivity index (χ2v) is 8.46. The van der Waals surface area contributed by atoms with Crippen molar-refractivity contribution in [2.24, 2.45) is 4.76 Å². The highest BCUT2D eigenvalue weighted by Gasteiger charge is 2.32. The molecule has 0 fully saturated rings. The summed E-state index contributed by atoms with van der Waals surface area (Å²) in [5.74, 6) is 1.41. The molecule has 0 saturated heterocycles. The first-order chi connectivity index (χ1) is 14.5. The maximum atomic E-state index is 13.7. The second-order valence-electron chi connectivity index (χ2n) is 6.96. The van der Waals surface area contributed by atoms with E-state index >= 15 is 0 Å². The average Bonchev–Trinajstić information content (AvgIpc) is 2.75. The molecule has 0 radical (unpaired) electrons. The van der Waals surface area contributed by atoms with E-state index < -0.39 is 7.75 Å². The molecular weight excluding hydrogens is 399 g/mol. The lowest BCUT2D eigenvalue weighted by Gasteiger charge is -2.33. The third kappa shape index (κ3) is 5.85. The number of amidine groups is 1. The summed E-state index contributed by atoms with van der Waals surface area (Å²) in [4.78, 5) is 1.91. The van der Waals surface area contributed by atoms with Gasteiger partial charge in [0.15, 0.2) is 0 Å². The molecule has 1 aliphatic heterocycles. The molecular formula is C23H27N2O4P. The number of aliphatic hydroxyl groups excluding tert-OH is 1. The van der Waals surface area contributed by atoms with E-state index in [2.05, 4.69) is 17.4 Å². The van der Waals surface area contributed by atoms with Crippen molar-refractivity contribution in [1.29, 1.82) is 0 Å². The number of hydrogen-bond acceptors (Lipinski definition) is 4. The fourth-order valence-corrected chi connectivity index (χ4v) is 4.54. The van der Waals surface area contributed by atoms with Gasteiger partial charge in [0.05, 0.1) is 6.04 Å². The van der Waals surface area contributed by atoms with Crippen LogP contribution in [0.4, 0.5) is 0 Å². The Hall–Kier alpha value is -2.82. The maximum Gasteiger partial charge on any atom is 0.564 e. The number of aliphatic hydroxyl groups is 1. The van der Waals surface area contributed by atoms with Crippen LogP contribution in [-0.2, 0) is 4.57 Å². The van der Waals surface area contributed by atoms with Crippen LogP contribution in [0, 0.1) is 0 Å². The molecule has 3 rings (SSSR count). The SMILES string of the molecule is C=CC1C=C(CCCO)C/C(=N/P(=O)(Oc2ccccc2)Oc2ccccc2)N1C. The number of nitrogens with zero attached hydrogens (tertiary/aromatic N) is 2. The summed E-state index contributed by atoms with van der Waals surface area (Å²) in [6.07, 6.45) is 5.79. The summed E-state index contributed by atoms with van der Waals surface area (Å²) in [5, 5.41) is 9.18. The van der Waals surface area contributed by atoms with E-state index in [4.69, 9.17) is 9.05 Å². The Morgan fingerprint density at radius 3 is 2.20 bits per heavy atom. The summed E-state index contributed by atoms with van der Waals surface area (Å²) in [7, 11) is -2.05. The molecule has 0 bridgehead atoms. The van der Waals surface area contributed by atoms with Crippen LogP contribution in [0.25, 0.3) is 0 Å². The Labute approximate surface area is 177 Å². The zero-order valence-corrected chi connectivity index (χ0v) is 17.9. The summed E-state index contributed by atoms with van der Waals surface area (Å²) in [5.41, 5.74) is 1.11. The lowest BCUT2D eigenvalue weighted by atomic mass is 9.98. The zero-order chi connectivity index (χ0) is 21.4. The molecule has 158 valence electrons. The topological polar surface area (TPSA) is 71.4 Å². The first-order valence-corrected chi connectivity index (χ1v) is 11.4. The maximum absolute atomic E-state index is 13.7. The highest BCUT2D eigenvalue weighted by Crippen LogP contribution is 2.50. The minimum absolute atomic E-state index is 0.0897. The minimum Gasteiger partial charge on any atom is -0.399 e. The monoisotopic (exact) mass is 426 g/mol. The average molecular weight is 426 g/mol. The van der Waals surface area contributed by atoms with Gasteiger partial charge in [0, 0.05) is 20.1 Å². The molecule has 0 aliphatic carbocycles. The molecule has 0 saturated carbocycles. The Morgan fingerprint density at radius 2 is 1.70 bits per heavy atom. The smallest absolute Gasteiger partial charge is 0.399 e. The first-order valence-electron chi connectivity index (χ1n) is 9.87. The molecule has 0 amide bonds. The van der Waals surface area contributed by atoms with Gasteiger partial charge in [-0.2, -0.15) is 0 Å². The zero-order valence-electron chi connectivity index (χ0n) is 17.1. The van der Waals surface area contributed by atoms with Gasteiger partial charge in [-0.25, -0.2) is 4.57 Å². The predicted octanol–water partition coefficient (Wildman–Crippen LogP) is 5.24. The van der Waals surface area contributed by atoms with Gasteiger partial charge in [-0.1, -0.05) is 54.1 Å². The van der Waals surface area contributed by atoms with Crippen LogP contribution < -0.4 is 9.05 Å². The van der Waals surface area contributed by atoms with Gasteiger partial charge in [0.2, 0.25) is 0 Å². The third-order valence-corrected chi connectivity index (χ3v) is 6.07. The van der Waals surface area contributed by atoms with Crippen molar-refractivity contribution in [3.8, 4) is 11.5 Å². The largest absolute Gasteiger partial charge is 0.564 e. The molecule has 1 unspecified atom stereocenters. The Morgan fingerprint density at radius 1 is 1.13 bits per heavy atom. The van der Waals surface area contributed by atoms with Crippen LogP contribution in [0.1, 0.15) is 19.3 Å². The normalized spacial score (nSPS) is 18.1. The molecule has 0 spiro atoms. The highest BCUT2D eigenvalue weighted by molar-refractivity contribution is 7.53. The first kappa shape index (κ1) is 21.9. The van der Waals surface area contributed by atoms with E-state index in [9.17, 15) is 9.67 Å². The summed E-state index contributed by atoms with van der Waals surface area (Å²) in [6.45, 7) is 4.01. The van der Waals surface area contributed by atoms with Gasteiger partial charge in [-0.05, 0) is 37.1 Å². The van der Waals surface area contributed by atoms with Crippen LogP contribution in [0.2, 0.25) is 0 Å². The molecule has 1 atom stereocenters. The standard InChI is InChI=1S/C23H27N2O4P/c1-3-20-17-19(11-10-16-26)18-23(25(20)2)24-30(27,28-21-12-6-4-7-13-21)29-22-14-8-5-9-15-22/h3-9,12-15,17,20,26H,1,10-11,16,18H2,2H3/b24-23-. The van der Waals surface area contributed by atoms with Crippen molar-refractivity contribution in [2.45, 2.75) is 25.3 Å². The van der Waals surface area contributed by atoms with Crippen LogP contribution in [0.5, 0.6) is 11.5 Å². The number of rotatable bonds is 9. The van der Waals surface area contributed by atoms with Gasteiger partial charge >= 0.3 is 7.75 Å². The van der Waals surface area contributed by atoms with Crippen LogP contribution in [0.15, 0.2) is 89.7 Å². The van der Waals surface area contributed by atoms with Crippen LogP contribution >= 0.6 is 7.75 Å².